The van der Waals surface area contributed by atoms with Crippen molar-refractivity contribution in [1.82, 2.24) is 0 Å². The lowest BCUT2D eigenvalue weighted by Gasteiger charge is -2.53. The fourth-order valence-corrected chi connectivity index (χ4v) is 3.61. The minimum Gasteiger partial charge on any atom is -0.0998 e. The summed E-state index contributed by atoms with van der Waals surface area (Å²) >= 11 is 0. The average Bonchev–Trinajstić information content (AvgIpc) is 2.15. The average molecular weight is 204 g/mol. The smallest absolute Gasteiger partial charge is 0.0152 e. The van der Waals surface area contributed by atoms with Gasteiger partial charge in [0.05, 0.1) is 0 Å². The van der Waals surface area contributed by atoms with Crippen molar-refractivity contribution in [1.29, 1.82) is 0 Å². The van der Waals surface area contributed by atoms with Gasteiger partial charge in [-0.2, -0.15) is 0 Å². The van der Waals surface area contributed by atoms with E-state index in [4.69, 9.17) is 0 Å². The van der Waals surface area contributed by atoms with Crippen LogP contribution in [-0.4, -0.2) is 0 Å². The van der Waals surface area contributed by atoms with Crippen LogP contribution in [-0.2, 0) is 0 Å². The van der Waals surface area contributed by atoms with E-state index in [9.17, 15) is 0 Å². The van der Waals surface area contributed by atoms with E-state index in [-0.39, 0.29) is 0 Å². The molecule has 0 N–H and O–H groups in total. The molecule has 0 saturated heterocycles. The van der Waals surface area contributed by atoms with Gasteiger partial charge >= 0.3 is 0 Å². The molecule has 2 rings (SSSR count). The van der Waals surface area contributed by atoms with Gasteiger partial charge in [-0.25, -0.2) is 0 Å². The van der Waals surface area contributed by atoms with Crippen LogP contribution in [0.25, 0.3) is 0 Å². The molecular formula is C15H24. The van der Waals surface area contributed by atoms with Crippen LogP contribution < -0.4 is 0 Å². The Bertz CT molecular complexity index is 297. The molecule has 84 valence electrons. The number of allylic oxidation sites excluding steroid dienone is 3. The quantitative estimate of drug-likeness (QED) is 0.571. The molecule has 0 aromatic carbocycles. The van der Waals surface area contributed by atoms with E-state index in [1.165, 1.54) is 37.7 Å². The summed E-state index contributed by atoms with van der Waals surface area (Å²) in [6, 6.07) is 0. The Hall–Kier alpha value is -0.520. The molecule has 0 amide bonds. The van der Waals surface area contributed by atoms with Crippen LogP contribution in [0.4, 0.5) is 0 Å². The zero-order valence-corrected chi connectivity index (χ0v) is 10.5. The first kappa shape index (κ1) is 11.0. The van der Waals surface area contributed by atoms with Crippen molar-refractivity contribution in [3.05, 3.63) is 23.8 Å². The van der Waals surface area contributed by atoms with Crippen molar-refractivity contribution >= 4 is 0 Å². The van der Waals surface area contributed by atoms with Crippen LogP contribution in [0, 0.1) is 17.3 Å². The first-order valence-corrected chi connectivity index (χ1v) is 6.35. The van der Waals surface area contributed by atoms with Gasteiger partial charge in [0.2, 0.25) is 0 Å². The van der Waals surface area contributed by atoms with Crippen molar-refractivity contribution in [3.63, 3.8) is 0 Å². The number of hydrogen-bond donors (Lipinski definition) is 0. The Morgan fingerprint density at radius 1 is 1.47 bits per heavy atom. The van der Waals surface area contributed by atoms with Gasteiger partial charge in [0.25, 0.3) is 0 Å². The summed E-state index contributed by atoms with van der Waals surface area (Å²) in [6.07, 6.45) is 9.30. The Balaban J connectivity index is 2.07. The molecular weight excluding hydrogens is 180 g/mol. The Kier molecular flexibility index (Phi) is 2.79. The fraction of sp³-hybridized carbons (Fsp3) is 0.733. The molecule has 1 unspecified atom stereocenters. The Morgan fingerprint density at radius 2 is 2.20 bits per heavy atom. The molecule has 0 heteroatoms. The normalized spacial score (nSPS) is 40.6. The van der Waals surface area contributed by atoms with Gasteiger partial charge in [0.15, 0.2) is 0 Å². The molecule has 0 aromatic heterocycles. The third-order valence-electron chi connectivity index (χ3n) is 4.93. The lowest BCUT2D eigenvalue weighted by Crippen LogP contribution is -2.44. The third kappa shape index (κ3) is 1.79. The van der Waals surface area contributed by atoms with E-state index in [2.05, 4.69) is 33.4 Å². The Labute approximate surface area is 94.5 Å². The minimum absolute atomic E-state index is 0.572. The first-order valence-electron chi connectivity index (χ1n) is 6.35. The van der Waals surface area contributed by atoms with Gasteiger partial charge in [0.1, 0.15) is 0 Å². The fourth-order valence-electron chi connectivity index (χ4n) is 3.61. The van der Waals surface area contributed by atoms with E-state index in [0.29, 0.717) is 5.41 Å². The zero-order chi connectivity index (χ0) is 11.1. The topological polar surface area (TPSA) is 0 Å². The maximum absolute atomic E-state index is 4.17. The minimum atomic E-state index is 0.572. The second-order valence-corrected chi connectivity index (χ2v) is 5.97. The largest absolute Gasteiger partial charge is 0.0998 e. The summed E-state index contributed by atoms with van der Waals surface area (Å²) in [4.78, 5) is 0. The lowest BCUT2D eigenvalue weighted by molar-refractivity contribution is 0.00363. The Morgan fingerprint density at radius 3 is 2.60 bits per heavy atom. The second kappa shape index (κ2) is 3.81. The highest BCUT2D eigenvalue weighted by Gasteiger charge is 2.47. The van der Waals surface area contributed by atoms with Crippen molar-refractivity contribution in [2.24, 2.45) is 17.3 Å². The van der Waals surface area contributed by atoms with Crippen molar-refractivity contribution in [2.75, 3.05) is 0 Å². The molecule has 15 heavy (non-hydrogen) atoms. The van der Waals surface area contributed by atoms with E-state index < -0.39 is 0 Å². The van der Waals surface area contributed by atoms with Crippen LogP contribution in [0.3, 0.4) is 0 Å². The first-order chi connectivity index (χ1) is 7.04. The molecule has 0 aliphatic heterocycles. The van der Waals surface area contributed by atoms with Crippen molar-refractivity contribution in [3.8, 4) is 0 Å². The molecule has 0 aromatic rings. The number of rotatable bonds is 2. The summed E-state index contributed by atoms with van der Waals surface area (Å²) in [5.74, 6) is 1.71. The molecule has 0 nitrogen and oxygen atoms in total. The summed E-state index contributed by atoms with van der Waals surface area (Å²) < 4.78 is 0. The van der Waals surface area contributed by atoms with E-state index >= 15 is 0 Å². The maximum Gasteiger partial charge on any atom is -0.0152 e. The van der Waals surface area contributed by atoms with Crippen molar-refractivity contribution in [2.45, 2.75) is 52.9 Å². The molecule has 1 saturated carbocycles. The summed E-state index contributed by atoms with van der Waals surface area (Å²) in [7, 11) is 0. The van der Waals surface area contributed by atoms with E-state index in [1.54, 1.807) is 5.57 Å². The van der Waals surface area contributed by atoms with E-state index in [1.807, 2.05) is 0 Å². The molecule has 3 atom stereocenters. The van der Waals surface area contributed by atoms with Gasteiger partial charge in [-0.05, 0) is 63.2 Å². The second-order valence-electron chi connectivity index (χ2n) is 5.97. The van der Waals surface area contributed by atoms with Gasteiger partial charge in [-0.1, -0.05) is 30.7 Å². The van der Waals surface area contributed by atoms with Crippen LogP contribution in [0.5, 0.6) is 0 Å². The predicted molar refractivity (Wildman–Crippen MR) is 66.7 cm³/mol. The summed E-state index contributed by atoms with van der Waals surface area (Å²) in [5, 5.41) is 0. The third-order valence-corrected chi connectivity index (χ3v) is 4.93. The molecule has 0 heterocycles. The van der Waals surface area contributed by atoms with Gasteiger partial charge in [-0.3, -0.25) is 0 Å². The SMILES string of the molecule is C=C(C)[C@@H]1CC[C@]1(C)C1CC=C(C)CC1. The molecule has 2 aliphatic rings. The van der Waals surface area contributed by atoms with Crippen LogP contribution >= 0.6 is 0 Å². The van der Waals surface area contributed by atoms with Crippen LogP contribution in [0.1, 0.15) is 52.9 Å². The lowest BCUT2D eigenvalue weighted by atomic mass is 9.51. The van der Waals surface area contributed by atoms with Gasteiger partial charge < -0.3 is 0 Å². The molecule has 0 bridgehead atoms. The van der Waals surface area contributed by atoms with Gasteiger partial charge in [-0.15, -0.1) is 0 Å². The molecule has 0 radical (unpaired) electrons. The highest BCUT2D eigenvalue weighted by atomic mass is 14.5. The van der Waals surface area contributed by atoms with E-state index in [0.717, 1.165) is 11.8 Å². The zero-order valence-electron chi connectivity index (χ0n) is 10.5. The van der Waals surface area contributed by atoms with Gasteiger partial charge in [0, 0.05) is 0 Å². The van der Waals surface area contributed by atoms with Crippen LogP contribution in [0.15, 0.2) is 23.8 Å². The molecule has 0 spiro atoms. The number of hydrogen-bond acceptors (Lipinski definition) is 0. The summed E-state index contributed by atoms with van der Waals surface area (Å²) in [5.41, 5.74) is 3.58. The standard InChI is InChI=1S/C15H24/c1-11(2)14-9-10-15(14,4)13-7-5-12(3)6-8-13/h5,13-14H,1,6-10H2,2-4H3/t13?,14-,15+/m0/s1. The van der Waals surface area contributed by atoms with Crippen molar-refractivity contribution < 1.29 is 0 Å². The molecule has 2 aliphatic carbocycles. The highest BCUT2D eigenvalue weighted by Crippen LogP contribution is 2.57. The molecule has 1 fully saturated rings. The monoisotopic (exact) mass is 204 g/mol. The highest BCUT2D eigenvalue weighted by molar-refractivity contribution is 5.14. The van der Waals surface area contributed by atoms with Crippen LogP contribution in [0.2, 0.25) is 0 Å². The maximum atomic E-state index is 4.17. The predicted octanol–water partition coefficient (Wildman–Crippen LogP) is 4.73. The summed E-state index contributed by atoms with van der Waals surface area (Å²) in [6.45, 7) is 11.1.